The third-order valence-electron chi connectivity index (χ3n) is 5.98. The molecule has 1 spiro atoms. The minimum absolute atomic E-state index is 0.0197. The van der Waals surface area contributed by atoms with Gasteiger partial charge in [-0.2, -0.15) is 0 Å². The molecule has 6 heteroatoms. The third kappa shape index (κ3) is 3.75. The molecule has 0 radical (unpaired) electrons. The molecule has 6 nitrogen and oxygen atoms in total. The van der Waals surface area contributed by atoms with E-state index in [9.17, 15) is 9.59 Å². The molecule has 2 aliphatic heterocycles. The molecule has 1 N–H and O–H groups in total. The van der Waals surface area contributed by atoms with Gasteiger partial charge in [0.2, 0.25) is 5.91 Å². The van der Waals surface area contributed by atoms with Crippen molar-refractivity contribution < 1.29 is 19.1 Å². The maximum absolute atomic E-state index is 12.8. The zero-order valence-electron chi connectivity index (χ0n) is 16.1. The molecule has 0 aromatic heterocycles. The summed E-state index contributed by atoms with van der Waals surface area (Å²) in [6.45, 7) is 6.05. The summed E-state index contributed by atoms with van der Waals surface area (Å²) in [5.74, 6) is 1.64. The van der Waals surface area contributed by atoms with Crippen molar-refractivity contribution in [1.82, 2.24) is 10.2 Å². The largest absolute Gasteiger partial charge is 0.491 e. The number of carbonyl (C=O) groups is 2. The van der Waals surface area contributed by atoms with Gasteiger partial charge in [-0.15, -0.1) is 0 Å². The standard InChI is InChI=1S/C21H28N2O4/c1-14(2)27-18-5-3-4-16(10-18)15-6-8-23(9-7-15)19(24)17-11-21(12-17)13-26-20(25)22-21/h3-5,10,14-15,17H,6-9,11-13H2,1-2H3,(H,22,25)/t17-,21+. The Morgan fingerprint density at radius 1 is 1.30 bits per heavy atom. The topological polar surface area (TPSA) is 67.9 Å². The Balaban J connectivity index is 1.29. The summed E-state index contributed by atoms with van der Waals surface area (Å²) in [6.07, 6.45) is 3.17. The number of alkyl carbamates (subject to hydrolysis) is 1. The smallest absolute Gasteiger partial charge is 0.407 e. The van der Waals surface area contributed by atoms with Gasteiger partial charge in [0.25, 0.3) is 0 Å². The van der Waals surface area contributed by atoms with Gasteiger partial charge >= 0.3 is 6.09 Å². The van der Waals surface area contributed by atoms with E-state index < -0.39 is 0 Å². The van der Waals surface area contributed by atoms with Gasteiger partial charge in [-0.1, -0.05) is 12.1 Å². The lowest BCUT2D eigenvalue weighted by atomic mass is 9.68. The molecule has 4 rings (SSSR count). The Kier molecular flexibility index (Phi) is 4.74. The van der Waals surface area contributed by atoms with Gasteiger partial charge in [0.15, 0.2) is 0 Å². The van der Waals surface area contributed by atoms with E-state index in [0.29, 0.717) is 25.4 Å². The van der Waals surface area contributed by atoms with Crippen LogP contribution in [0, 0.1) is 5.92 Å². The van der Waals surface area contributed by atoms with Crippen LogP contribution in [0.5, 0.6) is 5.75 Å². The predicted molar refractivity (Wildman–Crippen MR) is 101 cm³/mol. The van der Waals surface area contributed by atoms with Gasteiger partial charge in [0.1, 0.15) is 12.4 Å². The van der Waals surface area contributed by atoms with E-state index in [-0.39, 0.29) is 29.6 Å². The number of likely N-dealkylation sites (tertiary alicyclic amines) is 1. The van der Waals surface area contributed by atoms with Crippen LogP contribution in [0.15, 0.2) is 24.3 Å². The Bertz CT molecular complexity index is 719. The molecular formula is C21H28N2O4. The number of nitrogens with zero attached hydrogens (tertiary/aromatic N) is 1. The minimum Gasteiger partial charge on any atom is -0.491 e. The average Bonchev–Trinajstić information content (AvgIpc) is 3.02. The molecule has 2 amide bonds. The number of nitrogens with one attached hydrogen (secondary N) is 1. The van der Waals surface area contributed by atoms with Crippen LogP contribution in [-0.4, -0.2) is 48.2 Å². The first-order chi connectivity index (χ1) is 12.9. The molecule has 1 aromatic rings. The monoisotopic (exact) mass is 372 g/mol. The summed E-state index contributed by atoms with van der Waals surface area (Å²) in [5, 5.41) is 2.86. The summed E-state index contributed by atoms with van der Waals surface area (Å²) in [4.78, 5) is 26.0. The maximum atomic E-state index is 12.8. The molecule has 0 bridgehead atoms. The van der Waals surface area contributed by atoms with Crippen LogP contribution in [0.3, 0.4) is 0 Å². The highest BCUT2D eigenvalue weighted by atomic mass is 16.6. The number of hydrogen-bond acceptors (Lipinski definition) is 4. The molecular weight excluding hydrogens is 344 g/mol. The van der Waals surface area contributed by atoms with E-state index in [1.54, 1.807) is 0 Å². The minimum atomic E-state index is -0.356. The number of hydrogen-bond donors (Lipinski definition) is 1. The summed E-state index contributed by atoms with van der Waals surface area (Å²) in [7, 11) is 0. The molecule has 3 aliphatic rings. The lowest BCUT2D eigenvalue weighted by Crippen LogP contribution is -2.58. The van der Waals surface area contributed by atoms with Crippen molar-refractivity contribution >= 4 is 12.0 Å². The van der Waals surface area contributed by atoms with Crippen molar-refractivity contribution in [3.05, 3.63) is 29.8 Å². The number of benzene rings is 1. The second-order valence-electron chi connectivity index (χ2n) is 8.43. The molecule has 3 fully saturated rings. The first-order valence-corrected chi connectivity index (χ1v) is 9.94. The number of amides is 2. The van der Waals surface area contributed by atoms with Gasteiger partial charge in [-0.05, 0) is 63.1 Å². The number of cyclic esters (lactones) is 1. The van der Waals surface area contributed by atoms with E-state index >= 15 is 0 Å². The third-order valence-corrected chi connectivity index (χ3v) is 5.98. The second kappa shape index (κ2) is 7.06. The lowest BCUT2D eigenvalue weighted by Gasteiger charge is -2.45. The van der Waals surface area contributed by atoms with Crippen molar-refractivity contribution in [2.24, 2.45) is 5.92 Å². The van der Waals surface area contributed by atoms with Gasteiger partial charge in [0, 0.05) is 19.0 Å². The van der Waals surface area contributed by atoms with Crippen molar-refractivity contribution in [2.45, 2.75) is 57.1 Å². The first kappa shape index (κ1) is 18.1. The number of carbonyl (C=O) groups excluding carboxylic acids is 2. The van der Waals surface area contributed by atoms with Crippen LogP contribution >= 0.6 is 0 Å². The number of rotatable bonds is 4. The van der Waals surface area contributed by atoms with Gasteiger partial charge in [-0.25, -0.2) is 4.79 Å². The van der Waals surface area contributed by atoms with Gasteiger partial charge in [0.05, 0.1) is 11.6 Å². The summed E-state index contributed by atoms with van der Waals surface area (Å²) in [5.41, 5.74) is 1.01. The fraction of sp³-hybridized carbons (Fsp3) is 0.619. The summed E-state index contributed by atoms with van der Waals surface area (Å²) < 4.78 is 10.8. The van der Waals surface area contributed by atoms with Gasteiger partial charge < -0.3 is 19.7 Å². The molecule has 1 saturated carbocycles. The summed E-state index contributed by atoms with van der Waals surface area (Å²) in [6, 6.07) is 8.35. The normalized spacial score (nSPS) is 28.0. The van der Waals surface area contributed by atoms with E-state index in [2.05, 4.69) is 23.5 Å². The van der Waals surface area contributed by atoms with Crippen molar-refractivity contribution in [3.8, 4) is 5.75 Å². The van der Waals surface area contributed by atoms with Crippen LogP contribution in [0.4, 0.5) is 4.79 Å². The lowest BCUT2D eigenvalue weighted by molar-refractivity contribution is -0.142. The second-order valence-corrected chi connectivity index (χ2v) is 8.43. The average molecular weight is 372 g/mol. The molecule has 2 heterocycles. The van der Waals surface area contributed by atoms with E-state index in [0.717, 1.165) is 31.7 Å². The fourth-order valence-corrected chi connectivity index (χ4v) is 4.58. The molecule has 146 valence electrons. The first-order valence-electron chi connectivity index (χ1n) is 9.94. The Hall–Kier alpha value is -2.24. The molecule has 1 aromatic carbocycles. The van der Waals surface area contributed by atoms with Crippen LogP contribution in [0.1, 0.15) is 51.0 Å². The number of ether oxygens (including phenoxy) is 2. The van der Waals surface area contributed by atoms with Crippen molar-refractivity contribution in [3.63, 3.8) is 0 Å². The van der Waals surface area contributed by atoms with Crippen molar-refractivity contribution in [1.29, 1.82) is 0 Å². The zero-order valence-corrected chi connectivity index (χ0v) is 16.1. The molecule has 27 heavy (non-hydrogen) atoms. The highest BCUT2D eigenvalue weighted by molar-refractivity contribution is 5.81. The van der Waals surface area contributed by atoms with Crippen LogP contribution < -0.4 is 10.1 Å². The van der Waals surface area contributed by atoms with E-state index in [1.807, 2.05) is 24.8 Å². The van der Waals surface area contributed by atoms with Crippen LogP contribution in [0.2, 0.25) is 0 Å². The summed E-state index contributed by atoms with van der Waals surface area (Å²) >= 11 is 0. The Labute approximate surface area is 160 Å². The fourth-order valence-electron chi connectivity index (χ4n) is 4.58. The van der Waals surface area contributed by atoms with Crippen LogP contribution in [0.25, 0.3) is 0 Å². The molecule has 1 aliphatic carbocycles. The van der Waals surface area contributed by atoms with Crippen molar-refractivity contribution in [2.75, 3.05) is 19.7 Å². The molecule has 2 saturated heterocycles. The van der Waals surface area contributed by atoms with Gasteiger partial charge in [-0.3, -0.25) is 4.79 Å². The highest BCUT2D eigenvalue weighted by Crippen LogP contribution is 2.42. The Morgan fingerprint density at radius 3 is 2.67 bits per heavy atom. The SMILES string of the molecule is CC(C)Oc1cccc(C2CCN(C(=O)[C@H]3C[C@]4(COC(=O)N4)C3)CC2)c1. The predicted octanol–water partition coefficient (Wildman–Crippen LogP) is 3.07. The van der Waals surface area contributed by atoms with E-state index in [1.165, 1.54) is 5.56 Å². The molecule has 0 atom stereocenters. The Morgan fingerprint density at radius 2 is 2.04 bits per heavy atom. The zero-order chi connectivity index (χ0) is 19.0. The number of piperidine rings is 1. The highest BCUT2D eigenvalue weighted by Gasteiger charge is 2.53. The van der Waals surface area contributed by atoms with E-state index in [4.69, 9.17) is 9.47 Å². The maximum Gasteiger partial charge on any atom is 0.407 e. The molecule has 0 unspecified atom stereocenters. The van der Waals surface area contributed by atoms with Crippen LogP contribution in [-0.2, 0) is 9.53 Å². The quantitative estimate of drug-likeness (QED) is 0.882.